The molecule has 23 heavy (non-hydrogen) atoms. The summed E-state index contributed by atoms with van der Waals surface area (Å²) >= 11 is 0. The molecule has 1 unspecified atom stereocenters. The SMILES string of the molecule is COc1ccc(CNC(CN(C)C)c2ccccc2)c(OC)c1. The highest BCUT2D eigenvalue weighted by Crippen LogP contribution is 2.25. The Hall–Kier alpha value is -2.04. The van der Waals surface area contributed by atoms with Gasteiger partial charge in [0.25, 0.3) is 0 Å². The van der Waals surface area contributed by atoms with E-state index in [0.29, 0.717) is 0 Å². The van der Waals surface area contributed by atoms with E-state index in [1.807, 2.05) is 24.3 Å². The number of methoxy groups -OCH3 is 2. The lowest BCUT2D eigenvalue weighted by molar-refractivity contribution is 0.338. The molecule has 0 saturated heterocycles. The molecule has 0 aliphatic heterocycles. The van der Waals surface area contributed by atoms with Gasteiger partial charge in [-0.1, -0.05) is 36.4 Å². The zero-order valence-electron chi connectivity index (χ0n) is 14.4. The minimum Gasteiger partial charge on any atom is -0.497 e. The molecule has 0 spiro atoms. The normalized spacial score (nSPS) is 12.2. The first-order valence-corrected chi connectivity index (χ1v) is 7.78. The first-order chi connectivity index (χ1) is 11.1. The smallest absolute Gasteiger partial charge is 0.127 e. The summed E-state index contributed by atoms with van der Waals surface area (Å²) in [4.78, 5) is 2.19. The maximum atomic E-state index is 5.48. The molecular weight excluding hydrogens is 288 g/mol. The van der Waals surface area contributed by atoms with Gasteiger partial charge in [-0.25, -0.2) is 0 Å². The molecule has 2 aromatic carbocycles. The Balaban J connectivity index is 2.12. The molecule has 0 aromatic heterocycles. The van der Waals surface area contributed by atoms with Crippen LogP contribution < -0.4 is 14.8 Å². The largest absolute Gasteiger partial charge is 0.497 e. The van der Waals surface area contributed by atoms with Crippen molar-refractivity contribution in [2.75, 3.05) is 34.9 Å². The Morgan fingerprint density at radius 2 is 1.74 bits per heavy atom. The minimum atomic E-state index is 0.262. The lowest BCUT2D eigenvalue weighted by Gasteiger charge is -2.23. The maximum Gasteiger partial charge on any atom is 0.127 e. The highest BCUT2D eigenvalue weighted by molar-refractivity contribution is 5.40. The summed E-state index contributed by atoms with van der Waals surface area (Å²) in [6.45, 7) is 1.67. The zero-order chi connectivity index (χ0) is 16.7. The molecule has 0 aliphatic carbocycles. The Morgan fingerprint density at radius 3 is 2.35 bits per heavy atom. The van der Waals surface area contributed by atoms with Crippen LogP contribution in [0.15, 0.2) is 48.5 Å². The first kappa shape index (κ1) is 17.3. The van der Waals surface area contributed by atoms with Crippen molar-refractivity contribution in [1.29, 1.82) is 0 Å². The van der Waals surface area contributed by atoms with Crippen molar-refractivity contribution in [1.82, 2.24) is 10.2 Å². The minimum absolute atomic E-state index is 0.262. The van der Waals surface area contributed by atoms with Crippen LogP contribution in [-0.2, 0) is 6.54 Å². The summed E-state index contributed by atoms with van der Waals surface area (Å²) in [7, 11) is 7.53. The van der Waals surface area contributed by atoms with Crippen LogP contribution in [0.1, 0.15) is 17.2 Å². The number of nitrogens with one attached hydrogen (secondary N) is 1. The fourth-order valence-corrected chi connectivity index (χ4v) is 2.57. The van der Waals surface area contributed by atoms with Crippen LogP contribution in [-0.4, -0.2) is 39.8 Å². The van der Waals surface area contributed by atoms with Gasteiger partial charge in [0.2, 0.25) is 0 Å². The second kappa shape index (κ2) is 8.56. The summed E-state index contributed by atoms with van der Waals surface area (Å²) < 4.78 is 10.7. The van der Waals surface area contributed by atoms with Crippen LogP contribution in [0.4, 0.5) is 0 Å². The van der Waals surface area contributed by atoms with Crippen molar-refractivity contribution in [3.8, 4) is 11.5 Å². The van der Waals surface area contributed by atoms with Gasteiger partial charge in [0.1, 0.15) is 11.5 Å². The number of nitrogens with zero attached hydrogens (tertiary/aromatic N) is 1. The van der Waals surface area contributed by atoms with E-state index in [-0.39, 0.29) is 6.04 Å². The summed E-state index contributed by atoms with van der Waals surface area (Å²) in [5.41, 5.74) is 2.40. The second-order valence-electron chi connectivity index (χ2n) is 5.78. The van der Waals surface area contributed by atoms with Crippen molar-refractivity contribution in [2.24, 2.45) is 0 Å². The third kappa shape index (κ3) is 4.98. The summed E-state index contributed by atoms with van der Waals surface area (Å²) in [5.74, 6) is 1.65. The lowest BCUT2D eigenvalue weighted by Crippen LogP contribution is -2.31. The summed E-state index contributed by atoms with van der Waals surface area (Å²) in [6, 6.07) is 16.7. The average Bonchev–Trinajstić information content (AvgIpc) is 2.58. The number of rotatable bonds is 8. The first-order valence-electron chi connectivity index (χ1n) is 7.78. The number of hydrogen-bond acceptors (Lipinski definition) is 4. The zero-order valence-corrected chi connectivity index (χ0v) is 14.4. The molecule has 0 radical (unpaired) electrons. The highest BCUT2D eigenvalue weighted by Gasteiger charge is 2.13. The van der Waals surface area contributed by atoms with Crippen LogP contribution >= 0.6 is 0 Å². The van der Waals surface area contributed by atoms with Crippen LogP contribution in [0.5, 0.6) is 11.5 Å². The number of benzene rings is 2. The van der Waals surface area contributed by atoms with Crippen molar-refractivity contribution >= 4 is 0 Å². The van der Waals surface area contributed by atoms with E-state index >= 15 is 0 Å². The van der Waals surface area contributed by atoms with Gasteiger partial charge in [0.15, 0.2) is 0 Å². The molecule has 4 nitrogen and oxygen atoms in total. The molecule has 124 valence electrons. The summed E-state index contributed by atoms with van der Waals surface area (Å²) in [5, 5.41) is 3.63. The predicted molar refractivity (Wildman–Crippen MR) is 94.1 cm³/mol. The molecule has 0 fully saturated rings. The van der Waals surface area contributed by atoms with Crippen molar-refractivity contribution < 1.29 is 9.47 Å². The molecule has 0 aliphatic rings. The van der Waals surface area contributed by atoms with E-state index in [9.17, 15) is 0 Å². The predicted octanol–water partition coefficient (Wildman–Crippen LogP) is 3.10. The van der Waals surface area contributed by atoms with E-state index in [0.717, 1.165) is 30.2 Å². The standard InChI is InChI=1S/C19H26N2O2/c1-21(2)14-18(15-8-6-5-7-9-15)20-13-16-10-11-17(22-3)12-19(16)23-4/h5-12,18,20H,13-14H2,1-4H3. The van der Waals surface area contributed by atoms with Crippen LogP contribution in [0.2, 0.25) is 0 Å². The molecule has 2 aromatic rings. The van der Waals surface area contributed by atoms with E-state index in [4.69, 9.17) is 9.47 Å². The Morgan fingerprint density at radius 1 is 1.00 bits per heavy atom. The third-order valence-electron chi connectivity index (χ3n) is 3.78. The number of likely N-dealkylation sites (N-methyl/N-ethyl adjacent to an activating group) is 1. The van der Waals surface area contributed by atoms with E-state index in [1.165, 1.54) is 5.56 Å². The van der Waals surface area contributed by atoms with Crippen molar-refractivity contribution in [2.45, 2.75) is 12.6 Å². The molecular formula is C19H26N2O2. The Bertz CT molecular complexity index is 600. The highest BCUT2D eigenvalue weighted by atomic mass is 16.5. The van der Waals surface area contributed by atoms with Crippen molar-refractivity contribution in [3.63, 3.8) is 0 Å². The monoisotopic (exact) mass is 314 g/mol. The number of hydrogen-bond donors (Lipinski definition) is 1. The van der Waals surface area contributed by atoms with Gasteiger partial charge >= 0.3 is 0 Å². The van der Waals surface area contributed by atoms with E-state index < -0.39 is 0 Å². The van der Waals surface area contributed by atoms with Gasteiger partial charge in [-0.2, -0.15) is 0 Å². The van der Waals surface area contributed by atoms with Crippen molar-refractivity contribution in [3.05, 3.63) is 59.7 Å². The Kier molecular flexibility index (Phi) is 6.44. The third-order valence-corrected chi connectivity index (χ3v) is 3.78. The van der Waals surface area contributed by atoms with Gasteiger partial charge in [-0.15, -0.1) is 0 Å². The Labute approximate surface area is 139 Å². The molecule has 0 amide bonds. The van der Waals surface area contributed by atoms with Crippen LogP contribution in [0.3, 0.4) is 0 Å². The van der Waals surface area contributed by atoms with Gasteiger partial charge in [-0.3, -0.25) is 0 Å². The van der Waals surface area contributed by atoms with E-state index in [1.54, 1.807) is 14.2 Å². The molecule has 4 heteroatoms. The molecule has 0 bridgehead atoms. The fourth-order valence-electron chi connectivity index (χ4n) is 2.57. The van der Waals surface area contributed by atoms with Crippen LogP contribution in [0, 0.1) is 0 Å². The van der Waals surface area contributed by atoms with Gasteiger partial charge in [0.05, 0.1) is 14.2 Å². The van der Waals surface area contributed by atoms with Gasteiger partial charge in [-0.05, 0) is 25.7 Å². The summed E-state index contributed by atoms with van der Waals surface area (Å²) in [6.07, 6.45) is 0. The molecule has 2 rings (SSSR count). The number of ether oxygens (including phenoxy) is 2. The van der Waals surface area contributed by atoms with Gasteiger partial charge in [0, 0.05) is 30.8 Å². The van der Waals surface area contributed by atoms with Crippen LogP contribution in [0.25, 0.3) is 0 Å². The quantitative estimate of drug-likeness (QED) is 0.812. The second-order valence-corrected chi connectivity index (χ2v) is 5.78. The maximum absolute atomic E-state index is 5.48. The molecule has 0 saturated carbocycles. The topological polar surface area (TPSA) is 33.7 Å². The lowest BCUT2D eigenvalue weighted by atomic mass is 10.1. The molecule has 1 atom stereocenters. The fraction of sp³-hybridized carbons (Fsp3) is 0.368. The van der Waals surface area contributed by atoms with Gasteiger partial charge < -0.3 is 19.7 Å². The molecule has 0 heterocycles. The molecule has 1 N–H and O–H groups in total. The average molecular weight is 314 g/mol. The van der Waals surface area contributed by atoms with E-state index in [2.05, 4.69) is 48.6 Å².